The van der Waals surface area contributed by atoms with E-state index < -0.39 is 8.32 Å². The third kappa shape index (κ3) is 6.43. The second-order valence-corrected chi connectivity index (χ2v) is 13.8. The SMILES string of the molecule is CNc1cc(NC(C)C)c(-c2nnc(NCCCO[Si](C)(C)C(C)(C)C)o2)cn1. The molecule has 0 radical (unpaired) electrons. The molecule has 8 nitrogen and oxygen atoms in total. The van der Waals surface area contributed by atoms with Crippen molar-refractivity contribution < 1.29 is 8.84 Å². The largest absolute Gasteiger partial charge is 0.417 e. The molecule has 3 N–H and O–H groups in total. The molecular formula is C20H36N6O2Si. The van der Waals surface area contributed by atoms with Gasteiger partial charge in [0.1, 0.15) is 5.82 Å². The average molecular weight is 421 g/mol. The van der Waals surface area contributed by atoms with E-state index in [0.29, 0.717) is 18.5 Å². The van der Waals surface area contributed by atoms with Crippen molar-refractivity contribution in [1.82, 2.24) is 15.2 Å². The highest BCUT2D eigenvalue weighted by Gasteiger charge is 2.36. The summed E-state index contributed by atoms with van der Waals surface area (Å²) in [5, 5.41) is 18.1. The van der Waals surface area contributed by atoms with E-state index in [0.717, 1.165) is 30.1 Å². The zero-order chi connectivity index (χ0) is 21.7. The summed E-state index contributed by atoms with van der Waals surface area (Å²) in [4.78, 5) is 4.37. The summed E-state index contributed by atoms with van der Waals surface area (Å²) in [6.45, 7) is 16.9. The smallest absolute Gasteiger partial charge is 0.315 e. The van der Waals surface area contributed by atoms with Gasteiger partial charge in [-0.3, -0.25) is 0 Å². The molecule has 2 aromatic rings. The number of nitrogens with zero attached hydrogens (tertiary/aromatic N) is 3. The average Bonchev–Trinajstić information content (AvgIpc) is 3.08. The first kappa shape index (κ1) is 23.1. The van der Waals surface area contributed by atoms with E-state index in [1.54, 1.807) is 6.20 Å². The van der Waals surface area contributed by atoms with Crippen molar-refractivity contribution in [1.29, 1.82) is 0 Å². The minimum Gasteiger partial charge on any atom is -0.417 e. The van der Waals surface area contributed by atoms with Gasteiger partial charge >= 0.3 is 6.01 Å². The summed E-state index contributed by atoms with van der Waals surface area (Å²) in [5.41, 5.74) is 1.68. The molecule has 9 heteroatoms. The van der Waals surface area contributed by atoms with Crippen molar-refractivity contribution in [2.75, 3.05) is 36.1 Å². The molecule has 0 spiro atoms. The summed E-state index contributed by atoms with van der Waals surface area (Å²) in [7, 11) is 0.138. The van der Waals surface area contributed by atoms with Gasteiger partial charge < -0.3 is 24.8 Å². The Morgan fingerprint density at radius 3 is 2.55 bits per heavy atom. The van der Waals surface area contributed by atoms with Gasteiger partial charge in [-0.2, -0.15) is 0 Å². The van der Waals surface area contributed by atoms with Gasteiger partial charge in [0, 0.05) is 38.5 Å². The summed E-state index contributed by atoms with van der Waals surface area (Å²) in [6, 6.07) is 2.60. The first-order valence-electron chi connectivity index (χ1n) is 10.2. The second-order valence-electron chi connectivity index (χ2n) is 8.97. The highest BCUT2D eigenvalue weighted by Crippen LogP contribution is 2.36. The Kier molecular flexibility index (Phi) is 7.64. The zero-order valence-electron chi connectivity index (χ0n) is 19.0. The van der Waals surface area contributed by atoms with Crippen LogP contribution in [0.3, 0.4) is 0 Å². The number of pyridine rings is 1. The number of rotatable bonds is 10. The van der Waals surface area contributed by atoms with Gasteiger partial charge in [0.25, 0.3) is 5.89 Å². The molecule has 0 saturated heterocycles. The molecule has 0 aromatic carbocycles. The van der Waals surface area contributed by atoms with Gasteiger partial charge in [0.2, 0.25) is 0 Å². The van der Waals surface area contributed by atoms with Gasteiger partial charge in [-0.25, -0.2) is 4.98 Å². The van der Waals surface area contributed by atoms with E-state index in [2.05, 4.69) is 78.8 Å². The van der Waals surface area contributed by atoms with Crippen LogP contribution in [0.2, 0.25) is 18.1 Å². The Balaban J connectivity index is 1.94. The molecule has 0 unspecified atom stereocenters. The molecule has 0 fully saturated rings. The lowest BCUT2D eigenvalue weighted by molar-refractivity contribution is 0.285. The van der Waals surface area contributed by atoms with Crippen LogP contribution in [0.1, 0.15) is 41.0 Å². The van der Waals surface area contributed by atoms with E-state index in [1.807, 2.05) is 13.1 Å². The zero-order valence-corrected chi connectivity index (χ0v) is 20.0. The van der Waals surface area contributed by atoms with Crippen LogP contribution in [0.4, 0.5) is 17.5 Å². The Morgan fingerprint density at radius 1 is 1.21 bits per heavy atom. The summed E-state index contributed by atoms with van der Waals surface area (Å²) >= 11 is 0. The molecule has 0 atom stereocenters. The van der Waals surface area contributed by atoms with E-state index in [1.165, 1.54) is 0 Å². The van der Waals surface area contributed by atoms with Crippen molar-refractivity contribution in [3.63, 3.8) is 0 Å². The molecule has 0 aliphatic rings. The van der Waals surface area contributed by atoms with E-state index >= 15 is 0 Å². The first-order valence-corrected chi connectivity index (χ1v) is 13.1. The van der Waals surface area contributed by atoms with Crippen LogP contribution in [0.25, 0.3) is 11.5 Å². The second kappa shape index (κ2) is 9.58. The minimum atomic E-state index is -1.70. The molecule has 0 aliphatic heterocycles. The molecule has 0 saturated carbocycles. The van der Waals surface area contributed by atoms with Crippen LogP contribution in [-0.4, -0.2) is 49.7 Å². The lowest BCUT2D eigenvalue weighted by Gasteiger charge is -2.36. The van der Waals surface area contributed by atoms with E-state index in [4.69, 9.17) is 8.84 Å². The molecule has 0 amide bonds. The Labute approximate surface area is 175 Å². The first-order chi connectivity index (χ1) is 13.5. The summed E-state index contributed by atoms with van der Waals surface area (Å²) < 4.78 is 12.0. The minimum absolute atomic E-state index is 0.223. The van der Waals surface area contributed by atoms with Crippen LogP contribution >= 0.6 is 0 Å². The van der Waals surface area contributed by atoms with Crippen molar-refractivity contribution >= 4 is 25.8 Å². The lowest BCUT2D eigenvalue weighted by Crippen LogP contribution is -2.41. The third-order valence-electron chi connectivity index (χ3n) is 5.13. The molecule has 0 bridgehead atoms. The van der Waals surface area contributed by atoms with Gasteiger partial charge in [-0.05, 0) is 38.4 Å². The highest BCUT2D eigenvalue weighted by molar-refractivity contribution is 6.74. The van der Waals surface area contributed by atoms with Gasteiger partial charge in [-0.15, -0.1) is 5.10 Å². The van der Waals surface area contributed by atoms with Crippen molar-refractivity contribution in [2.24, 2.45) is 0 Å². The fraction of sp³-hybridized carbons (Fsp3) is 0.650. The van der Waals surface area contributed by atoms with Crippen LogP contribution in [0.15, 0.2) is 16.7 Å². The maximum atomic E-state index is 6.19. The number of nitrogens with one attached hydrogen (secondary N) is 3. The van der Waals surface area contributed by atoms with Gasteiger partial charge in [-0.1, -0.05) is 25.9 Å². The number of hydrogen-bond acceptors (Lipinski definition) is 8. The molecule has 2 heterocycles. The van der Waals surface area contributed by atoms with Crippen molar-refractivity contribution in [3.05, 3.63) is 12.3 Å². The molecule has 162 valence electrons. The topological polar surface area (TPSA) is 97.1 Å². The molecule has 29 heavy (non-hydrogen) atoms. The maximum Gasteiger partial charge on any atom is 0.315 e. The Bertz CT molecular complexity index is 786. The standard InChI is InChI=1S/C20H36N6O2Si/c1-14(2)24-16-12-17(21-6)23-13-15(16)18-25-26-19(28-18)22-10-9-11-27-29(7,8)20(3,4)5/h12-14H,9-11H2,1-8H3,(H,22,26)(H2,21,23,24). The lowest BCUT2D eigenvalue weighted by atomic mass is 10.2. The quantitative estimate of drug-likeness (QED) is 0.372. The maximum absolute atomic E-state index is 6.19. The predicted octanol–water partition coefficient (Wildman–Crippen LogP) is 4.82. The number of aromatic nitrogens is 3. The van der Waals surface area contributed by atoms with E-state index in [-0.39, 0.29) is 11.1 Å². The normalized spacial score (nSPS) is 12.3. The van der Waals surface area contributed by atoms with Crippen LogP contribution < -0.4 is 16.0 Å². The number of anilines is 3. The van der Waals surface area contributed by atoms with Gasteiger partial charge in [0.05, 0.1) is 11.3 Å². The Hall–Kier alpha value is -2.13. The Morgan fingerprint density at radius 2 is 1.93 bits per heavy atom. The van der Waals surface area contributed by atoms with Gasteiger partial charge in [0.15, 0.2) is 8.32 Å². The fourth-order valence-corrected chi connectivity index (χ4v) is 3.50. The van der Waals surface area contributed by atoms with E-state index in [9.17, 15) is 0 Å². The summed E-state index contributed by atoms with van der Waals surface area (Å²) in [5.74, 6) is 1.21. The van der Waals surface area contributed by atoms with Crippen LogP contribution in [0.5, 0.6) is 0 Å². The van der Waals surface area contributed by atoms with Crippen LogP contribution in [-0.2, 0) is 4.43 Å². The highest BCUT2D eigenvalue weighted by atomic mass is 28.4. The predicted molar refractivity (Wildman–Crippen MR) is 122 cm³/mol. The molecule has 0 aliphatic carbocycles. The van der Waals surface area contributed by atoms with Crippen molar-refractivity contribution in [3.8, 4) is 11.5 Å². The number of hydrogen-bond donors (Lipinski definition) is 3. The fourth-order valence-electron chi connectivity index (χ4n) is 2.41. The molecule has 2 aromatic heterocycles. The monoisotopic (exact) mass is 420 g/mol. The van der Waals surface area contributed by atoms with Crippen molar-refractivity contribution in [2.45, 2.75) is 65.2 Å². The van der Waals surface area contributed by atoms with Crippen LogP contribution in [0, 0.1) is 0 Å². The molecule has 2 rings (SSSR count). The summed E-state index contributed by atoms with van der Waals surface area (Å²) in [6.07, 6.45) is 2.61. The molecular weight excluding hydrogens is 384 g/mol. The third-order valence-corrected chi connectivity index (χ3v) is 9.66.